The van der Waals surface area contributed by atoms with Crippen molar-refractivity contribution in [1.82, 2.24) is 15.0 Å². The first-order chi connectivity index (χ1) is 14.8. The first-order valence-corrected chi connectivity index (χ1v) is 11.8. The maximum absolute atomic E-state index is 5.15. The molecule has 1 aromatic carbocycles. The SMILES string of the molecule is CC[NH+](CC)CCNc1ncnc2c1sc1nc(-c3ccccc3)c3c(c12)CCC3. The number of aryl methyl sites for hydroxylation is 1. The van der Waals surface area contributed by atoms with Crippen LogP contribution in [0, 0.1) is 0 Å². The van der Waals surface area contributed by atoms with E-state index in [1.165, 1.54) is 28.5 Å². The predicted octanol–water partition coefficient (Wildman–Crippen LogP) is 3.73. The Bertz CT molecular complexity index is 1180. The van der Waals surface area contributed by atoms with E-state index in [4.69, 9.17) is 9.97 Å². The second-order valence-corrected chi connectivity index (χ2v) is 8.95. The van der Waals surface area contributed by atoms with E-state index < -0.39 is 0 Å². The molecule has 154 valence electrons. The molecule has 3 heterocycles. The number of rotatable bonds is 7. The third-order valence-corrected chi connectivity index (χ3v) is 7.37. The first-order valence-electron chi connectivity index (χ1n) is 11.0. The van der Waals surface area contributed by atoms with Crippen molar-refractivity contribution in [1.29, 1.82) is 0 Å². The molecule has 0 saturated carbocycles. The van der Waals surface area contributed by atoms with Crippen molar-refractivity contribution in [3.8, 4) is 11.3 Å². The second-order valence-electron chi connectivity index (χ2n) is 7.95. The standard InChI is InChI=1S/C24H27N5S/c1-3-29(4-2)14-13-25-23-22-21(26-15-27-23)19-17-11-8-12-18(17)20(28-24(19)30-22)16-9-6-5-7-10-16/h5-7,9-10,15H,3-4,8,11-14H2,1-2H3,(H,25,26,27)/p+1. The van der Waals surface area contributed by atoms with Gasteiger partial charge in [-0.25, -0.2) is 15.0 Å². The van der Waals surface area contributed by atoms with Crippen LogP contribution in [0.25, 0.3) is 31.7 Å². The number of likely N-dealkylation sites (N-methyl/N-ethyl adjacent to an activating group) is 1. The minimum Gasteiger partial charge on any atom is -0.363 e. The molecule has 3 aromatic heterocycles. The molecule has 1 aliphatic carbocycles. The summed E-state index contributed by atoms with van der Waals surface area (Å²) in [6, 6.07) is 10.6. The van der Waals surface area contributed by atoms with Gasteiger partial charge in [0.15, 0.2) is 0 Å². The van der Waals surface area contributed by atoms with Gasteiger partial charge in [0.2, 0.25) is 0 Å². The van der Waals surface area contributed by atoms with Gasteiger partial charge in [-0.2, -0.15) is 0 Å². The van der Waals surface area contributed by atoms with Crippen molar-refractivity contribution < 1.29 is 4.90 Å². The fourth-order valence-corrected chi connectivity index (χ4v) is 5.75. The molecule has 0 radical (unpaired) electrons. The summed E-state index contributed by atoms with van der Waals surface area (Å²) >= 11 is 1.73. The summed E-state index contributed by atoms with van der Waals surface area (Å²) in [4.78, 5) is 17.1. The maximum Gasteiger partial charge on any atom is 0.147 e. The number of hydrogen-bond donors (Lipinski definition) is 2. The van der Waals surface area contributed by atoms with Crippen molar-refractivity contribution in [2.75, 3.05) is 31.5 Å². The molecular formula is C24H28N5S+. The molecular weight excluding hydrogens is 390 g/mol. The highest BCUT2D eigenvalue weighted by molar-refractivity contribution is 7.26. The van der Waals surface area contributed by atoms with Gasteiger partial charge in [-0.1, -0.05) is 30.3 Å². The Morgan fingerprint density at radius 1 is 1.03 bits per heavy atom. The molecule has 5 nitrogen and oxygen atoms in total. The maximum atomic E-state index is 5.15. The van der Waals surface area contributed by atoms with E-state index in [0.717, 1.165) is 65.6 Å². The summed E-state index contributed by atoms with van der Waals surface area (Å²) in [7, 11) is 0. The van der Waals surface area contributed by atoms with Gasteiger partial charge in [-0.15, -0.1) is 11.3 Å². The van der Waals surface area contributed by atoms with Crippen LogP contribution < -0.4 is 10.2 Å². The Morgan fingerprint density at radius 2 is 1.83 bits per heavy atom. The number of fused-ring (bicyclic) bond motifs is 5. The van der Waals surface area contributed by atoms with E-state index in [1.54, 1.807) is 22.6 Å². The quantitative estimate of drug-likeness (QED) is 0.480. The summed E-state index contributed by atoms with van der Waals surface area (Å²) in [5, 5.41) is 4.82. The number of benzene rings is 1. The number of nitrogens with zero attached hydrogens (tertiary/aromatic N) is 3. The summed E-state index contributed by atoms with van der Waals surface area (Å²) in [6.45, 7) is 8.79. The van der Waals surface area contributed by atoms with Gasteiger partial charge in [0, 0.05) is 10.9 Å². The lowest BCUT2D eigenvalue weighted by Crippen LogP contribution is -3.12. The molecule has 0 unspecified atom stereocenters. The Hall–Kier alpha value is -2.57. The Morgan fingerprint density at radius 3 is 2.63 bits per heavy atom. The van der Waals surface area contributed by atoms with E-state index in [0.29, 0.717) is 0 Å². The van der Waals surface area contributed by atoms with Gasteiger partial charge in [0.25, 0.3) is 0 Å². The van der Waals surface area contributed by atoms with E-state index in [2.05, 4.69) is 54.5 Å². The highest BCUT2D eigenvalue weighted by Crippen LogP contribution is 2.43. The highest BCUT2D eigenvalue weighted by Gasteiger charge is 2.24. The molecule has 6 heteroatoms. The molecule has 0 bridgehead atoms. The van der Waals surface area contributed by atoms with Crippen LogP contribution in [0.1, 0.15) is 31.4 Å². The van der Waals surface area contributed by atoms with E-state index in [1.807, 2.05) is 0 Å². The molecule has 0 amide bonds. The Kier molecular flexibility index (Phi) is 5.35. The minimum absolute atomic E-state index is 0.915. The Labute approximate surface area is 181 Å². The third kappa shape index (κ3) is 3.34. The molecule has 0 atom stereocenters. The highest BCUT2D eigenvalue weighted by atomic mass is 32.1. The van der Waals surface area contributed by atoms with Crippen molar-refractivity contribution in [3.05, 3.63) is 47.8 Å². The molecule has 0 spiro atoms. The minimum atomic E-state index is 0.915. The number of pyridine rings is 1. The molecule has 0 aliphatic heterocycles. The Balaban J connectivity index is 1.60. The van der Waals surface area contributed by atoms with Crippen LogP contribution in [-0.2, 0) is 12.8 Å². The third-order valence-electron chi connectivity index (χ3n) is 6.29. The molecule has 0 fully saturated rings. The number of hydrogen-bond acceptors (Lipinski definition) is 5. The van der Waals surface area contributed by atoms with Gasteiger partial charge in [0.05, 0.1) is 42.1 Å². The van der Waals surface area contributed by atoms with Gasteiger partial charge >= 0.3 is 0 Å². The van der Waals surface area contributed by atoms with Crippen molar-refractivity contribution in [2.45, 2.75) is 33.1 Å². The van der Waals surface area contributed by atoms with Crippen molar-refractivity contribution in [2.24, 2.45) is 0 Å². The summed E-state index contributed by atoms with van der Waals surface area (Å²) < 4.78 is 1.13. The average Bonchev–Trinajstić information content (AvgIpc) is 3.41. The van der Waals surface area contributed by atoms with Crippen LogP contribution in [0.4, 0.5) is 5.82 Å². The normalized spacial score (nSPS) is 13.4. The van der Waals surface area contributed by atoms with Crippen LogP contribution in [-0.4, -0.2) is 41.1 Å². The van der Waals surface area contributed by atoms with Crippen LogP contribution in [0.3, 0.4) is 0 Å². The zero-order valence-electron chi connectivity index (χ0n) is 17.7. The fraction of sp³-hybridized carbons (Fsp3) is 0.375. The molecule has 30 heavy (non-hydrogen) atoms. The van der Waals surface area contributed by atoms with Crippen LogP contribution >= 0.6 is 11.3 Å². The predicted molar refractivity (Wildman–Crippen MR) is 126 cm³/mol. The first kappa shape index (κ1) is 19.4. The number of thiophene rings is 1. The number of nitrogens with one attached hydrogen (secondary N) is 2. The van der Waals surface area contributed by atoms with Crippen molar-refractivity contribution >= 4 is 37.6 Å². The topological polar surface area (TPSA) is 55.1 Å². The molecule has 5 rings (SSSR count). The summed E-state index contributed by atoms with van der Waals surface area (Å²) in [5.41, 5.74) is 6.28. The zero-order valence-corrected chi connectivity index (χ0v) is 18.5. The van der Waals surface area contributed by atoms with Gasteiger partial charge in [-0.05, 0) is 44.2 Å². The largest absolute Gasteiger partial charge is 0.363 e. The zero-order chi connectivity index (χ0) is 20.5. The molecule has 0 saturated heterocycles. The summed E-state index contributed by atoms with van der Waals surface area (Å²) in [5.74, 6) is 0.947. The molecule has 1 aliphatic rings. The average molecular weight is 419 g/mol. The smallest absolute Gasteiger partial charge is 0.147 e. The number of anilines is 1. The van der Waals surface area contributed by atoms with Gasteiger partial charge < -0.3 is 10.2 Å². The lowest BCUT2D eigenvalue weighted by atomic mass is 10.0. The second kappa shape index (κ2) is 8.28. The van der Waals surface area contributed by atoms with Gasteiger partial charge in [-0.3, -0.25) is 0 Å². The summed E-state index contributed by atoms with van der Waals surface area (Å²) in [6.07, 6.45) is 5.10. The van der Waals surface area contributed by atoms with Crippen LogP contribution in [0.15, 0.2) is 36.7 Å². The number of aromatic nitrogens is 3. The van der Waals surface area contributed by atoms with Crippen LogP contribution in [0.5, 0.6) is 0 Å². The molecule has 2 N–H and O–H groups in total. The number of quaternary nitrogens is 1. The van der Waals surface area contributed by atoms with Gasteiger partial charge in [0.1, 0.15) is 17.0 Å². The van der Waals surface area contributed by atoms with E-state index >= 15 is 0 Å². The van der Waals surface area contributed by atoms with E-state index in [-0.39, 0.29) is 0 Å². The monoisotopic (exact) mass is 418 g/mol. The molecule has 4 aromatic rings. The lowest BCUT2D eigenvalue weighted by molar-refractivity contribution is -0.894. The van der Waals surface area contributed by atoms with Crippen LogP contribution in [0.2, 0.25) is 0 Å². The fourth-order valence-electron chi connectivity index (χ4n) is 4.62. The van der Waals surface area contributed by atoms with E-state index in [9.17, 15) is 0 Å². The lowest BCUT2D eigenvalue weighted by Gasteiger charge is -2.15. The van der Waals surface area contributed by atoms with Crippen molar-refractivity contribution in [3.63, 3.8) is 0 Å².